The van der Waals surface area contributed by atoms with E-state index in [1.54, 1.807) is 0 Å². The molecule has 0 radical (unpaired) electrons. The smallest absolute Gasteiger partial charge is 0.407 e. The summed E-state index contributed by atoms with van der Waals surface area (Å²) in [7, 11) is 0. The van der Waals surface area contributed by atoms with Crippen molar-refractivity contribution in [1.29, 1.82) is 0 Å². The number of ether oxygens (including phenoxy) is 1. The number of nitrogens with one attached hydrogen (secondary N) is 1. The quantitative estimate of drug-likeness (QED) is 0.256. The molecule has 3 aromatic carbocycles. The summed E-state index contributed by atoms with van der Waals surface area (Å²) in [5.74, 6) is -1.15. The first kappa shape index (κ1) is 24.8. The molecule has 0 saturated carbocycles. The zero-order valence-electron chi connectivity index (χ0n) is 20.4. The topological polar surface area (TPSA) is 75.6 Å². The number of aliphatic carboxylic acids is 1. The van der Waals surface area contributed by atoms with E-state index in [2.05, 4.69) is 47.8 Å². The van der Waals surface area contributed by atoms with Crippen LogP contribution in [0.5, 0.6) is 0 Å². The normalized spacial score (nSPS) is 13.0. The third kappa shape index (κ3) is 5.75. The molecule has 0 fully saturated rings. The molecule has 1 atom stereocenters. The van der Waals surface area contributed by atoms with E-state index >= 15 is 0 Å². The average Bonchev–Trinajstić information content (AvgIpc) is 3.49. The Bertz CT molecular complexity index is 1340. The second-order valence-corrected chi connectivity index (χ2v) is 10.3. The first-order valence-electron chi connectivity index (χ1n) is 12.5. The van der Waals surface area contributed by atoms with Crippen LogP contribution in [0.4, 0.5) is 4.79 Å². The molecule has 1 amide bonds. The zero-order valence-corrected chi connectivity index (χ0v) is 21.2. The Kier molecular flexibility index (Phi) is 7.66. The molecule has 0 unspecified atom stereocenters. The Hall–Kier alpha value is -3.90. The summed E-state index contributed by atoms with van der Waals surface area (Å²) in [6.07, 6.45) is 2.33. The molecule has 1 aliphatic rings. The van der Waals surface area contributed by atoms with Gasteiger partial charge in [-0.3, -0.25) is 0 Å². The molecule has 0 spiro atoms. The van der Waals surface area contributed by atoms with Gasteiger partial charge in [0.15, 0.2) is 0 Å². The first-order valence-corrected chi connectivity index (χ1v) is 13.4. The number of hydrogen-bond donors (Lipinski definition) is 2. The van der Waals surface area contributed by atoms with Gasteiger partial charge in [-0.2, -0.15) is 0 Å². The second kappa shape index (κ2) is 11.4. The molecule has 188 valence electrons. The van der Waals surface area contributed by atoms with Gasteiger partial charge in [-0.15, -0.1) is 11.3 Å². The molecule has 5 rings (SSSR count). The van der Waals surface area contributed by atoms with Crippen molar-refractivity contribution >= 4 is 23.4 Å². The Morgan fingerprint density at radius 3 is 2.19 bits per heavy atom. The highest BCUT2D eigenvalue weighted by atomic mass is 32.1. The van der Waals surface area contributed by atoms with Gasteiger partial charge in [0.1, 0.15) is 12.6 Å². The maximum atomic E-state index is 12.7. The molecule has 0 bridgehead atoms. The number of amides is 1. The lowest BCUT2D eigenvalue weighted by molar-refractivity contribution is -0.139. The van der Waals surface area contributed by atoms with E-state index in [0.717, 1.165) is 52.0 Å². The summed E-state index contributed by atoms with van der Waals surface area (Å²) >= 11 is 1.53. The molecule has 2 N–H and O–H groups in total. The minimum atomic E-state index is -1.07. The van der Waals surface area contributed by atoms with E-state index in [1.165, 1.54) is 16.9 Å². The summed E-state index contributed by atoms with van der Waals surface area (Å²) in [6, 6.07) is 27.6. The Balaban J connectivity index is 1.18. The van der Waals surface area contributed by atoms with Gasteiger partial charge in [-0.25, -0.2) is 9.59 Å². The molecular weight excluding hydrogens is 482 g/mol. The summed E-state index contributed by atoms with van der Waals surface area (Å²) < 4.78 is 5.57. The summed E-state index contributed by atoms with van der Waals surface area (Å²) in [4.78, 5) is 25.7. The largest absolute Gasteiger partial charge is 0.480 e. The predicted octanol–water partition coefficient (Wildman–Crippen LogP) is 6.46. The first-order chi connectivity index (χ1) is 18.1. The molecule has 5 nitrogen and oxygen atoms in total. The highest BCUT2D eigenvalue weighted by molar-refractivity contribution is 7.10. The number of alkyl carbamates (subject to hydrolysis) is 1. The van der Waals surface area contributed by atoms with Crippen LogP contribution >= 0.6 is 11.3 Å². The average molecular weight is 512 g/mol. The van der Waals surface area contributed by atoms with Crippen LogP contribution in [0.2, 0.25) is 0 Å². The molecule has 4 aromatic rings. The lowest BCUT2D eigenvalue weighted by Gasteiger charge is -2.17. The van der Waals surface area contributed by atoms with E-state index in [-0.39, 0.29) is 18.9 Å². The van der Waals surface area contributed by atoms with Gasteiger partial charge >= 0.3 is 12.1 Å². The van der Waals surface area contributed by atoms with Crippen LogP contribution in [0.15, 0.2) is 90.3 Å². The van der Waals surface area contributed by atoms with Crippen molar-refractivity contribution in [3.8, 4) is 11.1 Å². The number of rotatable bonds is 10. The maximum absolute atomic E-state index is 12.7. The van der Waals surface area contributed by atoms with Crippen molar-refractivity contribution in [2.75, 3.05) is 6.61 Å². The monoisotopic (exact) mass is 511 g/mol. The number of carboxylic acid groups (broad SMARTS) is 1. The molecule has 1 aliphatic carbocycles. The fourth-order valence-electron chi connectivity index (χ4n) is 5.06. The van der Waals surface area contributed by atoms with Crippen LogP contribution in [0.3, 0.4) is 0 Å². The van der Waals surface area contributed by atoms with Crippen molar-refractivity contribution in [3.05, 3.63) is 117 Å². The fraction of sp³-hybridized carbons (Fsp3) is 0.226. The lowest BCUT2D eigenvalue weighted by Crippen LogP contribution is -2.42. The molecule has 37 heavy (non-hydrogen) atoms. The minimum Gasteiger partial charge on any atom is -0.480 e. The van der Waals surface area contributed by atoms with Crippen LogP contribution in [-0.2, 0) is 28.8 Å². The Labute approximate surface area is 220 Å². The third-order valence-corrected chi connectivity index (χ3v) is 7.90. The number of carboxylic acids is 1. The number of hydrogen-bond acceptors (Lipinski definition) is 4. The summed E-state index contributed by atoms with van der Waals surface area (Å²) in [5, 5.41) is 14.4. The Morgan fingerprint density at radius 1 is 0.865 bits per heavy atom. The van der Waals surface area contributed by atoms with Crippen molar-refractivity contribution in [2.24, 2.45) is 0 Å². The molecule has 1 heterocycles. The molecule has 0 aliphatic heterocycles. The van der Waals surface area contributed by atoms with Gasteiger partial charge in [0.2, 0.25) is 0 Å². The number of carbonyl (C=O) groups excluding carboxylic acids is 1. The van der Waals surface area contributed by atoms with Crippen LogP contribution < -0.4 is 5.32 Å². The van der Waals surface area contributed by atoms with E-state index in [0.29, 0.717) is 0 Å². The molecule has 1 aromatic heterocycles. The number of fused-ring (bicyclic) bond motifs is 3. The van der Waals surface area contributed by atoms with Crippen molar-refractivity contribution in [2.45, 2.75) is 37.6 Å². The number of benzene rings is 3. The molecule has 6 heteroatoms. The minimum absolute atomic E-state index is 0.0741. The highest BCUT2D eigenvalue weighted by Crippen LogP contribution is 2.44. The lowest BCUT2D eigenvalue weighted by atomic mass is 9.98. The summed E-state index contributed by atoms with van der Waals surface area (Å²) in [6.45, 7) is 0.149. The fourth-order valence-corrected chi connectivity index (χ4v) is 6.05. The molecular formula is C31H29NO4S. The SMILES string of the molecule is O=C(N[C@@H](Cc1sccc1CCCc1ccccc1)C(=O)O)OCC1c2ccccc2-c2ccccc21. The standard InChI is InChI=1S/C31H29NO4S/c33-30(34)28(19-29-22(17-18-37-29)12-8-11-21-9-2-1-3-10-21)32-31(35)36-20-27-25-15-6-4-13-23(25)24-14-5-7-16-26(24)27/h1-7,9-10,13-18,27-28H,8,11-12,19-20H2,(H,32,35)(H,33,34)/t28-/m0/s1. The third-order valence-electron chi connectivity index (χ3n) is 6.92. The van der Waals surface area contributed by atoms with Crippen molar-refractivity contribution < 1.29 is 19.4 Å². The van der Waals surface area contributed by atoms with Gasteiger partial charge in [0, 0.05) is 17.2 Å². The maximum Gasteiger partial charge on any atom is 0.407 e. The summed E-state index contributed by atoms with van der Waals surface area (Å²) in [5.41, 5.74) is 6.96. The number of aryl methyl sites for hydroxylation is 2. The number of thiophene rings is 1. The van der Waals surface area contributed by atoms with Crippen molar-refractivity contribution in [1.82, 2.24) is 5.32 Å². The van der Waals surface area contributed by atoms with Crippen LogP contribution in [0.25, 0.3) is 11.1 Å². The van der Waals surface area contributed by atoms with Crippen LogP contribution in [0, 0.1) is 0 Å². The van der Waals surface area contributed by atoms with E-state index in [1.807, 2.05) is 47.8 Å². The van der Waals surface area contributed by atoms with E-state index < -0.39 is 18.1 Å². The van der Waals surface area contributed by atoms with Gasteiger partial charge < -0.3 is 15.2 Å². The zero-order chi connectivity index (χ0) is 25.6. The van der Waals surface area contributed by atoms with Gasteiger partial charge in [0.05, 0.1) is 0 Å². The van der Waals surface area contributed by atoms with Crippen LogP contribution in [0.1, 0.15) is 39.5 Å². The van der Waals surface area contributed by atoms with Gasteiger partial charge in [0.25, 0.3) is 0 Å². The second-order valence-electron chi connectivity index (χ2n) is 9.27. The Morgan fingerprint density at radius 2 is 1.51 bits per heavy atom. The van der Waals surface area contributed by atoms with E-state index in [4.69, 9.17) is 4.74 Å². The van der Waals surface area contributed by atoms with Gasteiger partial charge in [-0.1, -0.05) is 78.9 Å². The predicted molar refractivity (Wildman–Crippen MR) is 146 cm³/mol. The van der Waals surface area contributed by atoms with Crippen LogP contribution in [-0.4, -0.2) is 29.8 Å². The van der Waals surface area contributed by atoms with Gasteiger partial charge in [-0.05, 0) is 64.1 Å². The number of carbonyl (C=O) groups is 2. The van der Waals surface area contributed by atoms with Crippen molar-refractivity contribution in [3.63, 3.8) is 0 Å². The molecule has 0 saturated heterocycles. The van der Waals surface area contributed by atoms with E-state index in [9.17, 15) is 14.7 Å². The highest BCUT2D eigenvalue weighted by Gasteiger charge is 2.30.